The predicted octanol–water partition coefficient (Wildman–Crippen LogP) is 4.15. The summed E-state index contributed by atoms with van der Waals surface area (Å²) >= 11 is 6.03. The van der Waals surface area contributed by atoms with Gasteiger partial charge in [-0.3, -0.25) is 4.79 Å². The summed E-state index contributed by atoms with van der Waals surface area (Å²) in [5.74, 6) is -1.43. The summed E-state index contributed by atoms with van der Waals surface area (Å²) < 4.78 is 0. The molecule has 2 aromatic rings. The standard InChI is InChI=1S/C19H19ClN2O3/c1-12(10-13-4-7-15(8-5-13)22(2)3)18(23)21-17-11-14(19(24)25)6-9-16(17)20/h4-11H,1-3H3,(H,21,23)(H,24,25). The van der Waals surface area contributed by atoms with Gasteiger partial charge in [0.2, 0.25) is 0 Å². The van der Waals surface area contributed by atoms with E-state index in [1.54, 1.807) is 13.0 Å². The monoisotopic (exact) mass is 358 g/mol. The average Bonchev–Trinajstić information content (AvgIpc) is 2.57. The molecule has 0 aliphatic heterocycles. The van der Waals surface area contributed by atoms with E-state index in [0.717, 1.165) is 11.3 Å². The van der Waals surface area contributed by atoms with E-state index in [4.69, 9.17) is 16.7 Å². The zero-order valence-corrected chi connectivity index (χ0v) is 15.0. The highest BCUT2D eigenvalue weighted by Gasteiger charge is 2.11. The van der Waals surface area contributed by atoms with Crippen LogP contribution in [0.25, 0.3) is 6.08 Å². The lowest BCUT2D eigenvalue weighted by molar-refractivity contribution is -0.112. The predicted molar refractivity (Wildman–Crippen MR) is 101 cm³/mol. The Kier molecular flexibility index (Phi) is 5.83. The Morgan fingerprint density at radius 3 is 2.32 bits per heavy atom. The fourth-order valence-corrected chi connectivity index (χ4v) is 2.32. The number of halogens is 1. The number of nitrogens with one attached hydrogen (secondary N) is 1. The minimum Gasteiger partial charge on any atom is -0.478 e. The molecule has 0 heterocycles. The summed E-state index contributed by atoms with van der Waals surface area (Å²) in [5, 5.41) is 12.0. The number of carbonyl (C=O) groups is 2. The van der Waals surface area contributed by atoms with Crippen molar-refractivity contribution in [2.75, 3.05) is 24.3 Å². The molecule has 0 saturated heterocycles. The second-order valence-electron chi connectivity index (χ2n) is 5.77. The van der Waals surface area contributed by atoms with Crippen molar-refractivity contribution in [3.05, 3.63) is 64.2 Å². The molecule has 130 valence electrons. The van der Waals surface area contributed by atoms with E-state index in [2.05, 4.69) is 5.32 Å². The van der Waals surface area contributed by atoms with Crippen molar-refractivity contribution in [2.24, 2.45) is 0 Å². The van der Waals surface area contributed by atoms with Crippen molar-refractivity contribution in [3.63, 3.8) is 0 Å². The van der Waals surface area contributed by atoms with E-state index in [1.807, 2.05) is 43.3 Å². The topological polar surface area (TPSA) is 69.6 Å². The lowest BCUT2D eigenvalue weighted by atomic mass is 10.1. The molecule has 0 spiro atoms. The molecule has 0 aromatic heterocycles. The molecule has 5 nitrogen and oxygen atoms in total. The number of hydrogen-bond donors (Lipinski definition) is 2. The molecule has 0 saturated carbocycles. The number of hydrogen-bond acceptors (Lipinski definition) is 3. The average molecular weight is 359 g/mol. The highest BCUT2D eigenvalue weighted by atomic mass is 35.5. The third-order valence-corrected chi connectivity index (χ3v) is 3.94. The molecule has 0 unspecified atom stereocenters. The van der Waals surface area contributed by atoms with E-state index in [0.29, 0.717) is 5.57 Å². The van der Waals surface area contributed by atoms with Gasteiger partial charge in [-0.1, -0.05) is 23.7 Å². The normalized spacial score (nSPS) is 11.1. The van der Waals surface area contributed by atoms with Crippen LogP contribution in [-0.2, 0) is 4.79 Å². The third-order valence-electron chi connectivity index (χ3n) is 3.61. The Balaban J connectivity index is 2.17. The minimum absolute atomic E-state index is 0.0561. The largest absolute Gasteiger partial charge is 0.478 e. The van der Waals surface area contributed by atoms with Crippen LogP contribution in [-0.4, -0.2) is 31.1 Å². The maximum atomic E-state index is 12.3. The molecule has 0 radical (unpaired) electrons. The fraction of sp³-hybridized carbons (Fsp3) is 0.158. The molecule has 6 heteroatoms. The molecule has 2 N–H and O–H groups in total. The van der Waals surface area contributed by atoms with Crippen LogP contribution in [0.3, 0.4) is 0 Å². The Labute approximate surface area is 151 Å². The number of amides is 1. The van der Waals surface area contributed by atoms with E-state index < -0.39 is 5.97 Å². The van der Waals surface area contributed by atoms with Crippen LogP contribution in [0.2, 0.25) is 5.02 Å². The van der Waals surface area contributed by atoms with Crippen LogP contribution in [0.4, 0.5) is 11.4 Å². The maximum Gasteiger partial charge on any atom is 0.335 e. The summed E-state index contributed by atoms with van der Waals surface area (Å²) in [6, 6.07) is 11.9. The lowest BCUT2D eigenvalue weighted by Gasteiger charge is -2.12. The number of nitrogens with zero attached hydrogens (tertiary/aromatic N) is 1. The maximum absolute atomic E-state index is 12.3. The molecular formula is C19H19ClN2O3. The zero-order valence-electron chi connectivity index (χ0n) is 14.2. The Morgan fingerprint density at radius 2 is 1.76 bits per heavy atom. The number of aromatic carboxylic acids is 1. The van der Waals surface area contributed by atoms with Gasteiger partial charge in [0.05, 0.1) is 16.3 Å². The first-order valence-electron chi connectivity index (χ1n) is 7.58. The summed E-state index contributed by atoms with van der Waals surface area (Å²) in [6.07, 6.45) is 1.75. The highest BCUT2D eigenvalue weighted by molar-refractivity contribution is 6.34. The Hall–Kier alpha value is -2.79. The van der Waals surface area contributed by atoms with Crippen molar-refractivity contribution in [1.29, 1.82) is 0 Å². The molecule has 0 bridgehead atoms. The number of carboxylic acid groups (broad SMARTS) is 1. The smallest absolute Gasteiger partial charge is 0.335 e. The van der Waals surface area contributed by atoms with Crippen LogP contribution >= 0.6 is 11.6 Å². The van der Waals surface area contributed by atoms with Crippen LogP contribution in [0.15, 0.2) is 48.0 Å². The molecule has 2 rings (SSSR count). The van der Waals surface area contributed by atoms with Gasteiger partial charge >= 0.3 is 5.97 Å². The molecule has 2 aromatic carbocycles. The molecule has 1 amide bonds. The van der Waals surface area contributed by atoms with Crippen molar-refractivity contribution in [1.82, 2.24) is 0 Å². The molecule has 0 aliphatic carbocycles. The summed E-state index contributed by atoms with van der Waals surface area (Å²) in [7, 11) is 3.91. The van der Waals surface area contributed by atoms with Gasteiger partial charge in [-0.05, 0) is 48.9 Å². The number of carbonyl (C=O) groups excluding carboxylic acids is 1. The van der Waals surface area contributed by atoms with Gasteiger partial charge in [0.15, 0.2) is 0 Å². The van der Waals surface area contributed by atoms with Crippen molar-refractivity contribution in [2.45, 2.75) is 6.92 Å². The molecule has 25 heavy (non-hydrogen) atoms. The van der Waals surface area contributed by atoms with E-state index in [9.17, 15) is 9.59 Å². The zero-order chi connectivity index (χ0) is 18.6. The third kappa shape index (κ3) is 4.84. The first kappa shape index (κ1) is 18.5. The van der Waals surface area contributed by atoms with Crippen LogP contribution in [0, 0.1) is 0 Å². The lowest BCUT2D eigenvalue weighted by Crippen LogP contribution is -2.13. The van der Waals surface area contributed by atoms with Crippen molar-refractivity contribution in [3.8, 4) is 0 Å². The summed E-state index contributed by atoms with van der Waals surface area (Å²) in [6.45, 7) is 1.68. The van der Waals surface area contributed by atoms with Gasteiger partial charge in [0.1, 0.15) is 0 Å². The molecular weight excluding hydrogens is 340 g/mol. The summed E-state index contributed by atoms with van der Waals surface area (Å²) in [4.78, 5) is 25.4. The van der Waals surface area contributed by atoms with Crippen molar-refractivity contribution >= 4 is 40.9 Å². The molecule has 0 fully saturated rings. The molecule has 0 atom stereocenters. The first-order chi connectivity index (χ1) is 11.8. The van der Waals surface area contributed by atoms with Crippen LogP contribution < -0.4 is 10.2 Å². The van der Waals surface area contributed by atoms with E-state index >= 15 is 0 Å². The quantitative estimate of drug-likeness (QED) is 0.788. The van der Waals surface area contributed by atoms with Gasteiger partial charge < -0.3 is 15.3 Å². The Bertz CT molecular complexity index is 827. The SMILES string of the molecule is CC(=Cc1ccc(N(C)C)cc1)C(=O)Nc1cc(C(=O)O)ccc1Cl. The fourth-order valence-electron chi connectivity index (χ4n) is 2.16. The second-order valence-corrected chi connectivity index (χ2v) is 6.17. The van der Waals surface area contributed by atoms with Gasteiger partial charge in [0, 0.05) is 25.4 Å². The molecule has 0 aliphatic rings. The second kappa shape index (κ2) is 7.85. The summed E-state index contributed by atoms with van der Waals surface area (Å²) in [5.41, 5.74) is 2.76. The number of rotatable bonds is 5. The van der Waals surface area contributed by atoms with Gasteiger partial charge in [-0.15, -0.1) is 0 Å². The van der Waals surface area contributed by atoms with Crippen LogP contribution in [0.1, 0.15) is 22.8 Å². The van der Waals surface area contributed by atoms with E-state index in [-0.39, 0.29) is 22.2 Å². The van der Waals surface area contributed by atoms with Gasteiger partial charge in [-0.2, -0.15) is 0 Å². The highest BCUT2D eigenvalue weighted by Crippen LogP contribution is 2.24. The van der Waals surface area contributed by atoms with Gasteiger partial charge in [-0.25, -0.2) is 4.79 Å². The number of carboxylic acids is 1. The van der Waals surface area contributed by atoms with Crippen LogP contribution in [0.5, 0.6) is 0 Å². The van der Waals surface area contributed by atoms with Crippen molar-refractivity contribution < 1.29 is 14.7 Å². The minimum atomic E-state index is -1.08. The number of benzene rings is 2. The van der Waals surface area contributed by atoms with Gasteiger partial charge in [0.25, 0.3) is 5.91 Å². The number of anilines is 2. The first-order valence-corrected chi connectivity index (χ1v) is 7.95. The Morgan fingerprint density at radius 1 is 1.12 bits per heavy atom. The van der Waals surface area contributed by atoms with E-state index in [1.165, 1.54) is 18.2 Å².